The summed E-state index contributed by atoms with van der Waals surface area (Å²) < 4.78 is 59.7. The molecule has 0 unspecified atom stereocenters. The van der Waals surface area contributed by atoms with Crippen molar-refractivity contribution in [3.63, 3.8) is 0 Å². The van der Waals surface area contributed by atoms with Crippen molar-refractivity contribution in [3.05, 3.63) is 59.7 Å². The lowest BCUT2D eigenvalue weighted by Crippen LogP contribution is -2.24. The van der Waals surface area contributed by atoms with Gasteiger partial charge in [0.15, 0.2) is 0 Å². The highest BCUT2D eigenvalue weighted by molar-refractivity contribution is 7.87. The van der Waals surface area contributed by atoms with Crippen LogP contribution in [0.4, 0.5) is 0 Å². The Kier molecular flexibility index (Phi) is 7.00. The van der Waals surface area contributed by atoms with E-state index >= 15 is 0 Å². The minimum absolute atomic E-state index is 0.150. The Morgan fingerprint density at radius 1 is 0.714 bits per heavy atom. The van der Waals surface area contributed by atoms with Gasteiger partial charge in [0.25, 0.3) is 26.5 Å². The molecule has 28 heavy (non-hydrogen) atoms. The number of benzene rings is 2. The molecular formula is C20H18O6S2. The first-order valence-corrected chi connectivity index (χ1v) is 10.9. The number of rotatable bonds is 6. The fraction of sp³-hybridized carbons (Fsp3) is 0.200. The molecule has 6 nitrogen and oxygen atoms in total. The molecule has 0 aliphatic heterocycles. The topological polar surface area (TPSA) is 86.7 Å². The van der Waals surface area contributed by atoms with Crippen molar-refractivity contribution in [2.45, 2.75) is 36.9 Å². The Morgan fingerprint density at radius 3 is 1.46 bits per heavy atom. The molecule has 2 rings (SSSR count). The lowest BCUT2D eigenvalue weighted by molar-refractivity contribution is 0.0681. The summed E-state index contributed by atoms with van der Waals surface area (Å²) in [5.41, 5.74) is 1.71. The van der Waals surface area contributed by atoms with Gasteiger partial charge in [-0.05, 0) is 62.8 Å². The molecule has 0 N–H and O–H groups in total. The first-order valence-electron chi connectivity index (χ1n) is 8.06. The maximum Gasteiger partial charge on any atom is 0.300 e. The second kappa shape index (κ2) is 9.05. The SMILES string of the molecule is CC#CC#CC(OS(=O)(=O)c1ccc(C)cc1)OS(=O)(=O)c1ccc(C)cc1. The van der Waals surface area contributed by atoms with Gasteiger partial charge in [-0.25, -0.2) is 8.37 Å². The van der Waals surface area contributed by atoms with Crippen molar-refractivity contribution in [3.8, 4) is 23.7 Å². The van der Waals surface area contributed by atoms with E-state index in [0.717, 1.165) is 11.1 Å². The quantitative estimate of drug-likeness (QED) is 0.407. The monoisotopic (exact) mass is 418 g/mol. The Balaban J connectivity index is 2.34. The predicted octanol–water partition coefficient (Wildman–Crippen LogP) is 2.77. The smallest absolute Gasteiger partial charge is 0.221 e. The van der Waals surface area contributed by atoms with Crippen LogP contribution in [0.3, 0.4) is 0 Å². The van der Waals surface area contributed by atoms with Crippen LogP contribution in [0, 0.1) is 37.5 Å². The summed E-state index contributed by atoms with van der Waals surface area (Å²) in [6.45, 7) is 5.12. The van der Waals surface area contributed by atoms with Crippen molar-refractivity contribution < 1.29 is 25.2 Å². The van der Waals surface area contributed by atoms with Gasteiger partial charge >= 0.3 is 0 Å². The molecule has 0 fully saturated rings. The van der Waals surface area contributed by atoms with Gasteiger partial charge in [-0.15, -0.1) is 0 Å². The van der Waals surface area contributed by atoms with Crippen LogP contribution >= 0.6 is 0 Å². The molecule has 0 bridgehead atoms. The number of hydrogen-bond donors (Lipinski definition) is 0. The lowest BCUT2D eigenvalue weighted by Gasteiger charge is -2.13. The highest BCUT2D eigenvalue weighted by atomic mass is 32.2. The third kappa shape index (κ3) is 5.95. The molecule has 8 heteroatoms. The third-order valence-corrected chi connectivity index (χ3v) is 5.98. The first-order chi connectivity index (χ1) is 13.1. The van der Waals surface area contributed by atoms with E-state index in [4.69, 9.17) is 8.37 Å². The minimum Gasteiger partial charge on any atom is -0.221 e. The van der Waals surface area contributed by atoms with Crippen LogP contribution < -0.4 is 0 Å². The highest BCUT2D eigenvalue weighted by Crippen LogP contribution is 2.19. The Morgan fingerprint density at radius 2 is 1.11 bits per heavy atom. The van der Waals surface area contributed by atoms with Gasteiger partial charge in [-0.3, -0.25) is 0 Å². The maximum atomic E-state index is 12.5. The molecule has 0 aromatic heterocycles. The van der Waals surface area contributed by atoms with E-state index in [1.54, 1.807) is 38.1 Å². The van der Waals surface area contributed by atoms with E-state index in [0.29, 0.717) is 0 Å². The van der Waals surface area contributed by atoms with Crippen molar-refractivity contribution >= 4 is 20.2 Å². The summed E-state index contributed by atoms with van der Waals surface area (Å²) >= 11 is 0. The van der Waals surface area contributed by atoms with Crippen molar-refractivity contribution in [1.82, 2.24) is 0 Å². The second-order valence-electron chi connectivity index (χ2n) is 5.70. The van der Waals surface area contributed by atoms with Crippen LogP contribution in [-0.4, -0.2) is 23.1 Å². The molecule has 2 aromatic rings. The van der Waals surface area contributed by atoms with Crippen molar-refractivity contribution in [1.29, 1.82) is 0 Å². The Hall–Kier alpha value is -2.62. The molecule has 0 heterocycles. The van der Waals surface area contributed by atoms with Gasteiger partial charge in [0.05, 0.1) is 9.79 Å². The zero-order valence-corrected chi connectivity index (χ0v) is 17.1. The van der Waals surface area contributed by atoms with Crippen LogP contribution in [0.25, 0.3) is 0 Å². The Labute approximate surface area is 165 Å². The standard InChI is InChI=1S/C20H18O6S2/c1-4-5-6-7-20(25-27(21,22)18-12-8-16(2)9-13-18)26-28(23,24)19-14-10-17(3)11-15-19/h8-15,20H,1-3H3. The van der Waals surface area contributed by atoms with Gasteiger partial charge in [-0.2, -0.15) is 16.8 Å². The van der Waals surface area contributed by atoms with Crippen LogP contribution in [-0.2, 0) is 28.6 Å². The zero-order valence-electron chi connectivity index (χ0n) is 15.5. The minimum atomic E-state index is -4.31. The van der Waals surface area contributed by atoms with E-state index in [-0.39, 0.29) is 9.79 Å². The van der Waals surface area contributed by atoms with E-state index in [1.165, 1.54) is 31.2 Å². The maximum absolute atomic E-state index is 12.5. The second-order valence-corrected chi connectivity index (χ2v) is 8.85. The molecular weight excluding hydrogens is 400 g/mol. The van der Waals surface area contributed by atoms with E-state index in [2.05, 4.69) is 23.7 Å². The molecule has 146 valence electrons. The molecule has 0 amide bonds. The van der Waals surface area contributed by atoms with Gasteiger partial charge in [-0.1, -0.05) is 41.3 Å². The van der Waals surface area contributed by atoms with Crippen molar-refractivity contribution in [2.24, 2.45) is 0 Å². The summed E-state index contributed by atoms with van der Waals surface area (Å²) in [6, 6.07) is 11.7. The molecule has 0 atom stereocenters. The fourth-order valence-corrected chi connectivity index (χ4v) is 3.82. The summed E-state index contributed by atoms with van der Waals surface area (Å²) in [6.07, 6.45) is -1.89. The largest absolute Gasteiger partial charge is 0.300 e. The van der Waals surface area contributed by atoms with Crippen LogP contribution in [0.1, 0.15) is 18.1 Å². The summed E-state index contributed by atoms with van der Waals surface area (Å²) in [7, 11) is -8.63. The van der Waals surface area contributed by atoms with Crippen LogP contribution in [0.5, 0.6) is 0 Å². The first kappa shape index (κ1) is 21.7. The molecule has 2 aromatic carbocycles. The molecule has 0 saturated carbocycles. The predicted molar refractivity (Wildman–Crippen MR) is 104 cm³/mol. The molecule has 0 aliphatic carbocycles. The summed E-state index contributed by atoms with van der Waals surface area (Å²) in [4.78, 5) is -0.300. The summed E-state index contributed by atoms with van der Waals surface area (Å²) in [5, 5.41) is 0. The third-order valence-electron chi connectivity index (χ3n) is 3.42. The normalized spacial score (nSPS) is 11.3. The van der Waals surface area contributed by atoms with Crippen LogP contribution in [0.15, 0.2) is 58.3 Å². The molecule has 0 saturated heterocycles. The van der Waals surface area contributed by atoms with Gasteiger partial charge in [0.1, 0.15) is 0 Å². The van der Waals surface area contributed by atoms with E-state index in [1.807, 2.05) is 0 Å². The lowest BCUT2D eigenvalue weighted by atomic mass is 10.2. The van der Waals surface area contributed by atoms with Gasteiger partial charge in [0.2, 0.25) is 0 Å². The Bertz CT molecular complexity index is 1080. The van der Waals surface area contributed by atoms with E-state index in [9.17, 15) is 16.8 Å². The highest BCUT2D eigenvalue weighted by Gasteiger charge is 2.27. The zero-order chi connectivity index (χ0) is 20.8. The fourth-order valence-electron chi connectivity index (χ4n) is 1.97. The molecule has 0 radical (unpaired) electrons. The van der Waals surface area contributed by atoms with Crippen LogP contribution in [0.2, 0.25) is 0 Å². The molecule has 0 aliphatic rings. The van der Waals surface area contributed by atoms with Gasteiger partial charge in [0, 0.05) is 0 Å². The van der Waals surface area contributed by atoms with Crippen molar-refractivity contribution in [2.75, 3.05) is 0 Å². The van der Waals surface area contributed by atoms with Gasteiger partial charge < -0.3 is 0 Å². The molecule has 0 spiro atoms. The van der Waals surface area contributed by atoms with E-state index < -0.39 is 26.5 Å². The summed E-state index contributed by atoms with van der Waals surface area (Å²) in [5.74, 6) is 9.46. The number of aryl methyl sites for hydroxylation is 2. The average Bonchev–Trinajstić information content (AvgIpc) is 2.62. The average molecular weight is 418 g/mol. The number of hydrogen-bond acceptors (Lipinski definition) is 6.